The van der Waals surface area contributed by atoms with E-state index in [-0.39, 0.29) is 62.1 Å². The lowest BCUT2D eigenvalue weighted by Crippen LogP contribution is -2.27. The van der Waals surface area contributed by atoms with Gasteiger partial charge in [-0.25, -0.2) is 24.0 Å². The highest BCUT2D eigenvalue weighted by atomic mass is 35.5. The third-order valence-electron chi connectivity index (χ3n) is 7.02. The molecule has 240 valence electrons. The Bertz CT molecular complexity index is 2000. The van der Waals surface area contributed by atoms with E-state index in [1.807, 2.05) is 18.2 Å². The van der Waals surface area contributed by atoms with Crippen LogP contribution in [0.4, 0.5) is 5.69 Å². The molecule has 7 N–H and O–H groups in total. The van der Waals surface area contributed by atoms with Crippen LogP contribution in [0.25, 0.3) is 17.2 Å². The van der Waals surface area contributed by atoms with Gasteiger partial charge in [0, 0.05) is 24.2 Å². The van der Waals surface area contributed by atoms with Crippen LogP contribution in [0.1, 0.15) is 57.6 Å². The number of benzene rings is 2. The molecule has 0 unspecified atom stereocenters. The number of hydrogen-bond acceptors (Lipinski definition) is 11. The standard InChI is InChI=1S/C17H13N5O6.C11H11N3O2.CH4.ClH/c23-13-7-28-12-2-1-8(3-9(12)20-13)5-18-15(25)10-4-11(16(26)27)22-14(24)6-19-17(22)21-10;12-9-4-2-6-5-7(1-3-8(6)9)10-13-11(15)16-14-10;;/h1-4,6,24H,5,7H2,(H,18,25)(H,20,23)(H,26,27);1,3,5,9H,2,4,12H2,(H,13,14,15);1H4;1H/t;9-;;/m.0../s1. The van der Waals surface area contributed by atoms with Crippen LogP contribution < -0.4 is 26.9 Å². The molecule has 0 radical (unpaired) electrons. The summed E-state index contributed by atoms with van der Waals surface area (Å²) >= 11 is 0. The lowest BCUT2D eigenvalue weighted by atomic mass is 10.0. The summed E-state index contributed by atoms with van der Waals surface area (Å²) in [4.78, 5) is 56.4. The van der Waals surface area contributed by atoms with Gasteiger partial charge in [-0.1, -0.05) is 30.8 Å². The predicted octanol–water partition coefficient (Wildman–Crippen LogP) is 2.43. The number of aromatic amines is 1. The van der Waals surface area contributed by atoms with E-state index in [0.29, 0.717) is 22.8 Å². The van der Waals surface area contributed by atoms with E-state index >= 15 is 0 Å². The number of ether oxygens (including phenoxy) is 1. The van der Waals surface area contributed by atoms with Crippen molar-refractivity contribution in [2.45, 2.75) is 32.9 Å². The van der Waals surface area contributed by atoms with Crippen LogP contribution in [-0.2, 0) is 17.8 Å². The maximum absolute atomic E-state index is 12.4. The Hall–Kier alpha value is -5.74. The first-order valence-corrected chi connectivity index (χ1v) is 13.3. The van der Waals surface area contributed by atoms with E-state index in [1.165, 1.54) is 11.1 Å². The van der Waals surface area contributed by atoms with Gasteiger partial charge < -0.3 is 31.3 Å². The number of anilines is 1. The number of carbonyl (C=O) groups excluding carboxylic acids is 2. The maximum Gasteiger partial charge on any atom is 0.439 e. The number of nitrogens with two attached hydrogens (primary N) is 1. The second kappa shape index (κ2) is 13.5. The summed E-state index contributed by atoms with van der Waals surface area (Å²) < 4.78 is 10.7. The highest BCUT2D eigenvalue weighted by Crippen LogP contribution is 2.32. The van der Waals surface area contributed by atoms with Crippen LogP contribution in [0.5, 0.6) is 11.6 Å². The number of hydrogen-bond donors (Lipinski definition) is 6. The number of carboxylic acid groups (broad SMARTS) is 1. The predicted molar refractivity (Wildman–Crippen MR) is 165 cm³/mol. The van der Waals surface area contributed by atoms with Crippen LogP contribution in [0.3, 0.4) is 0 Å². The minimum absolute atomic E-state index is 0. The van der Waals surface area contributed by atoms with E-state index in [9.17, 15) is 29.4 Å². The number of nitrogens with one attached hydrogen (secondary N) is 3. The second-order valence-corrected chi connectivity index (χ2v) is 9.94. The van der Waals surface area contributed by atoms with Crippen molar-refractivity contribution in [3.8, 4) is 23.0 Å². The number of H-pyrrole nitrogens is 1. The van der Waals surface area contributed by atoms with E-state index in [4.69, 9.17) is 10.5 Å². The second-order valence-electron chi connectivity index (χ2n) is 9.94. The summed E-state index contributed by atoms with van der Waals surface area (Å²) in [5.74, 6) is -2.28. The summed E-state index contributed by atoms with van der Waals surface area (Å²) in [6, 6.07) is 12.2. The minimum Gasteiger partial charge on any atom is -0.493 e. The molecule has 2 amide bonds. The quantitative estimate of drug-likeness (QED) is 0.160. The number of fused-ring (bicyclic) bond motifs is 3. The fourth-order valence-electron chi connectivity index (χ4n) is 4.92. The van der Waals surface area contributed by atoms with Crippen LogP contribution in [0.2, 0.25) is 0 Å². The molecule has 46 heavy (non-hydrogen) atoms. The maximum atomic E-state index is 12.4. The zero-order valence-corrected chi connectivity index (χ0v) is 24.0. The van der Waals surface area contributed by atoms with Crippen molar-refractivity contribution in [1.82, 2.24) is 29.8 Å². The van der Waals surface area contributed by atoms with Crippen LogP contribution in [0.15, 0.2) is 58.0 Å². The number of aryl methyl sites for hydroxylation is 1. The highest BCUT2D eigenvalue weighted by Gasteiger charge is 2.21. The van der Waals surface area contributed by atoms with Gasteiger partial charge in [-0.3, -0.25) is 19.1 Å². The van der Waals surface area contributed by atoms with E-state index in [2.05, 4.69) is 35.3 Å². The van der Waals surface area contributed by atoms with Crippen molar-refractivity contribution < 1.29 is 33.9 Å². The first-order valence-electron chi connectivity index (χ1n) is 13.3. The lowest BCUT2D eigenvalue weighted by Gasteiger charge is -2.18. The molecule has 1 aliphatic carbocycles. The molecule has 1 atom stereocenters. The average Bonchev–Trinajstić information content (AvgIpc) is 3.73. The first kappa shape index (κ1) is 33.2. The van der Waals surface area contributed by atoms with Crippen molar-refractivity contribution in [2.24, 2.45) is 5.73 Å². The number of rotatable bonds is 5. The number of carbonyl (C=O) groups is 3. The Morgan fingerprint density at radius 1 is 1.15 bits per heavy atom. The van der Waals surface area contributed by atoms with Crippen molar-refractivity contribution in [1.29, 1.82) is 0 Å². The number of halogens is 1. The highest BCUT2D eigenvalue weighted by molar-refractivity contribution is 5.96. The van der Waals surface area contributed by atoms with Gasteiger partial charge in [0.1, 0.15) is 17.1 Å². The molecule has 16 nitrogen and oxygen atoms in total. The molecular formula is C29H29ClN8O8. The van der Waals surface area contributed by atoms with E-state index in [1.54, 1.807) is 18.2 Å². The first-order chi connectivity index (χ1) is 21.2. The SMILES string of the molecule is C.Cl.N[C@H]1CCc2cc(-c3noc(=O)[nH]3)ccc21.O=C1COc2ccc(CNC(=O)c3cc(C(=O)O)n4c(O)cnc4n3)cc2N1. The molecule has 0 saturated carbocycles. The van der Waals surface area contributed by atoms with Crippen LogP contribution >= 0.6 is 12.4 Å². The zero-order valence-electron chi connectivity index (χ0n) is 23.1. The molecule has 17 heteroatoms. The summed E-state index contributed by atoms with van der Waals surface area (Å²) in [7, 11) is 0. The van der Waals surface area contributed by atoms with Gasteiger partial charge >= 0.3 is 11.7 Å². The normalized spacial score (nSPS) is 14.3. The summed E-state index contributed by atoms with van der Waals surface area (Å²) in [5.41, 5.74) is 9.91. The summed E-state index contributed by atoms with van der Waals surface area (Å²) in [6.45, 7) is 0.0589. The topological polar surface area (TPSA) is 240 Å². The number of aromatic hydroxyl groups is 1. The van der Waals surface area contributed by atoms with Crippen molar-refractivity contribution >= 4 is 41.7 Å². The molecule has 4 heterocycles. The van der Waals surface area contributed by atoms with Crippen molar-refractivity contribution in [3.63, 3.8) is 0 Å². The fourth-order valence-corrected chi connectivity index (χ4v) is 4.92. The zero-order chi connectivity index (χ0) is 31.0. The molecule has 0 bridgehead atoms. The molecule has 1 aliphatic heterocycles. The number of carboxylic acids is 1. The monoisotopic (exact) mass is 652 g/mol. The molecule has 2 aliphatic rings. The van der Waals surface area contributed by atoms with E-state index in [0.717, 1.165) is 35.1 Å². The average molecular weight is 653 g/mol. The van der Waals surface area contributed by atoms with Gasteiger partial charge in [0.2, 0.25) is 11.7 Å². The Balaban J connectivity index is 0.000000228. The Morgan fingerprint density at radius 2 is 1.96 bits per heavy atom. The molecule has 5 aromatic rings. The number of aromatic carboxylic acids is 1. The lowest BCUT2D eigenvalue weighted by molar-refractivity contribution is -0.118. The number of nitrogens with zero attached hydrogens (tertiary/aromatic N) is 4. The molecular weight excluding hydrogens is 624 g/mol. The summed E-state index contributed by atoms with van der Waals surface area (Å²) in [5, 5.41) is 28.0. The smallest absolute Gasteiger partial charge is 0.439 e. The Morgan fingerprint density at radius 3 is 2.70 bits per heavy atom. The molecule has 0 spiro atoms. The molecule has 7 rings (SSSR count). The van der Waals surface area contributed by atoms with Crippen molar-refractivity contribution in [3.05, 3.63) is 87.3 Å². The van der Waals surface area contributed by atoms with Gasteiger partial charge in [0.15, 0.2) is 12.4 Å². The molecule has 2 aromatic carbocycles. The number of imidazole rings is 1. The Kier molecular flexibility index (Phi) is 9.73. The van der Waals surface area contributed by atoms with Gasteiger partial charge in [-0.05, 0) is 47.7 Å². The third kappa shape index (κ3) is 6.67. The van der Waals surface area contributed by atoms with Gasteiger partial charge in [-0.2, -0.15) is 0 Å². The van der Waals surface area contributed by atoms with E-state index < -0.39 is 23.5 Å². The number of aromatic nitrogens is 5. The molecule has 0 saturated heterocycles. The van der Waals surface area contributed by atoms with Gasteiger partial charge in [0.25, 0.3) is 11.8 Å². The Labute approximate surface area is 266 Å². The minimum atomic E-state index is -1.35. The summed E-state index contributed by atoms with van der Waals surface area (Å²) in [6.07, 6.45) is 3.00. The van der Waals surface area contributed by atoms with Crippen LogP contribution in [-0.4, -0.2) is 59.1 Å². The van der Waals surface area contributed by atoms with Crippen LogP contribution in [0, 0.1) is 0 Å². The van der Waals surface area contributed by atoms with Gasteiger partial charge in [-0.15, -0.1) is 12.4 Å². The van der Waals surface area contributed by atoms with Crippen molar-refractivity contribution in [2.75, 3.05) is 11.9 Å². The third-order valence-corrected chi connectivity index (χ3v) is 7.02. The molecule has 0 fully saturated rings. The fraction of sp³-hybridized carbons (Fsp3) is 0.207. The number of amides is 2. The van der Waals surface area contributed by atoms with Gasteiger partial charge in [0.05, 0.1) is 11.9 Å². The molecule has 3 aromatic heterocycles. The largest absolute Gasteiger partial charge is 0.493 e.